The summed E-state index contributed by atoms with van der Waals surface area (Å²) in [5.74, 6) is -0.667. The Kier molecular flexibility index (Phi) is 18.8. The lowest BCUT2D eigenvalue weighted by atomic mass is 9.93. The predicted octanol–water partition coefficient (Wildman–Crippen LogP) is 13.3. The molecule has 5 aliphatic heterocycles. The van der Waals surface area contributed by atoms with Crippen LogP contribution in [0.4, 0.5) is 80.6 Å². The summed E-state index contributed by atoms with van der Waals surface area (Å²) in [6.07, 6.45) is -21.0. The summed E-state index contributed by atoms with van der Waals surface area (Å²) < 4.78 is 191. The SMILES string of the molecule is CC(C)(C)OC(=O)N1Cc2cc(C=O)c(C(F)(F)F)cc2C1.Cc1cc2c(cc1C(F)(F)F)CN(C(=O)OC(C)(C)C)C2.Cc1cc2c(cc1C(F)(F)F)CNC2.O=C1NC(=O)[C@](CNC(=O)N2Cc3cc(C(F)F)c(C(F)(F)F)cc3C2)(C2CC2)N1. The number of carbonyl (C=O) groups is 6. The van der Waals surface area contributed by atoms with E-state index in [0.717, 1.165) is 39.8 Å². The molecule has 87 heavy (non-hydrogen) atoms. The molecule has 6 aliphatic rings. The summed E-state index contributed by atoms with van der Waals surface area (Å²) in [6, 6.07) is 7.74. The van der Waals surface area contributed by atoms with Gasteiger partial charge in [0.25, 0.3) is 12.3 Å². The van der Waals surface area contributed by atoms with Gasteiger partial charge in [0.05, 0.1) is 28.8 Å². The maximum Gasteiger partial charge on any atom is 0.417 e. The van der Waals surface area contributed by atoms with Crippen LogP contribution in [0.5, 0.6) is 0 Å². The number of hydrogen-bond donors (Lipinski definition) is 4. The minimum atomic E-state index is -4.94. The molecule has 10 rings (SSSR count). The molecule has 0 spiro atoms. The zero-order chi connectivity index (χ0) is 64.9. The topological polar surface area (TPSA) is 179 Å². The van der Waals surface area contributed by atoms with E-state index in [1.807, 2.05) is 0 Å². The zero-order valence-electron chi connectivity index (χ0n) is 48.0. The third-order valence-electron chi connectivity index (χ3n) is 14.6. The molecule has 4 aromatic carbocycles. The molecule has 5 heterocycles. The number of rotatable bonds is 5. The monoisotopic (exact) mass is 1250 g/mol. The molecule has 0 bridgehead atoms. The van der Waals surface area contributed by atoms with Crippen molar-refractivity contribution in [1.29, 1.82) is 0 Å². The first-order valence-electron chi connectivity index (χ1n) is 26.9. The molecule has 29 heteroatoms. The molecule has 0 radical (unpaired) electrons. The minimum Gasteiger partial charge on any atom is -0.444 e. The number of imide groups is 1. The van der Waals surface area contributed by atoms with Crippen LogP contribution in [0.25, 0.3) is 0 Å². The zero-order valence-corrected chi connectivity index (χ0v) is 48.0. The molecule has 4 N–H and O–H groups in total. The van der Waals surface area contributed by atoms with Crippen LogP contribution in [0.15, 0.2) is 48.5 Å². The number of hydrogen-bond acceptors (Lipinski definition) is 9. The van der Waals surface area contributed by atoms with E-state index in [1.165, 1.54) is 41.8 Å². The maximum atomic E-state index is 13.1. The third-order valence-corrected chi connectivity index (χ3v) is 14.6. The van der Waals surface area contributed by atoms with Crippen LogP contribution in [0.2, 0.25) is 0 Å². The number of nitrogens with zero attached hydrogens (tertiary/aromatic N) is 3. The standard InChI is InChI=1S/C18H17F5N4O3.C15H16F3NO3.C15H18F3NO2.C10H10F3N/c19-13(20)11-3-8-5-27(6-9(8)4-12(11)18(21,22)23)16(30)24-7-17(10-1-2-10)14(28)25-15(29)26-17;1-14(2,3)22-13(21)19-6-9-4-11(8-20)12(15(16,17)18)5-10(9)7-19;1-9-5-10-7-19(13(20)21-14(2,3)4)8-11(10)6-12(9)15(16,17)18;1-6-2-7-4-14-5-8(7)3-9(6)10(11,12)13/h3-4,10,13H,1-2,5-7H2,(H,24,30)(H2,25,26,28,29);4-5,8H,6-7H2,1-3H3;5-6H,7-8H2,1-4H3;2-3,14H,4-5H2,1H3/t17-;;;/m0.../s1. The van der Waals surface area contributed by atoms with Crippen molar-refractivity contribution in [2.24, 2.45) is 5.92 Å². The maximum absolute atomic E-state index is 13.1. The highest BCUT2D eigenvalue weighted by molar-refractivity contribution is 6.08. The van der Waals surface area contributed by atoms with E-state index in [9.17, 15) is 90.2 Å². The molecule has 15 nitrogen and oxygen atoms in total. The van der Waals surface area contributed by atoms with Gasteiger partial charge in [0.2, 0.25) is 0 Å². The first kappa shape index (κ1) is 66.8. The van der Waals surface area contributed by atoms with E-state index in [1.54, 1.807) is 47.6 Å². The summed E-state index contributed by atoms with van der Waals surface area (Å²) in [5.41, 5.74) is -2.93. The number of amides is 7. The number of urea groups is 2. The van der Waals surface area contributed by atoms with Gasteiger partial charge in [-0.1, -0.05) is 12.1 Å². The lowest BCUT2D eigenvalue weighted by Gasteiger charge is -2.27. The largest absolute Gasteiger partial charge is 0.444 e. The van der Waals surface area contributed by atoms with Gasteiger partial charge in [-0.05, 0) is 166 Å². The number of fused-ring (bicyclic) bond motifs is 4. The molecule has 0 aromatic heterocycles. The van der Waals surface area contributed by atoms with Gasteiger partial charge in [0.15, 0.2) is 6.29 Å². The Morgan fingerprint density at radius 3 is 1.36 bits per heavy atom. The van der Waals surface area contributed by atoms with Crippen LogP contribution in [-0.4, -0.2) is 74.4 Å². The Bertz CT molecular complexity index is 3350. The fourth-order valence-electron chi connectivity index (χ4n) is 10.4. The number of aldehydes is 1. The van der Waals surface area contributed by atoms with E-state index in [-0.39, 0.29) is 74.7 Å². The minimum absolute atomic E-state index is 0.0342. The first-order valence-corrected chi connectivity index (χ1v) is 26.9. The highest BCUT2D eigenvalue weighted by atomic mass is 19.4. The Hall–Kier alpha value is -7.72. The number of halogens is 14. The molecule has 7 amide bonds. The molecule has 0 unspecified atom stereocenters. The molecular weight excluding hydrogens is 1190 g/mol. The second-order valence-electron chi connectivity index (χ2n) is 23.6. The Balaban J connectivity index is 0.000000171. The molecule has 1 atom stereocenters. The van der Waals surface area contributed by atoms with Gasteiger partial charge in [0.1, 0.15) is 16.7 Å². The quantitative estimate of drug-likeness (QED) is 0.0860. The molecule has 1 saturated heterocycles. The molecular formula is C58H61F14N7O8. The van der Waals surface area contributed by atoms with Crippen molar-refractivity contribution < 1.29 is 99.7 Å². The number of carbonyl (C=O) groups excluding carboxylic acids is 6. The predicted molar refractivity (Wildman–Crippen MR) is 282 cm³/mol. The molecule has 4 aromatic rings. The third kappa shape index (κ3) is 16.1. The van der Waals surface area contributed by atoms with Crippen molar-refractivity contribution in [2.45, 2.75) is 168 Å². The lowest BCUT2D eigenvalue weighted by molar-refractivity contribution is -0.140. The van der Waals surface area contributed by atoms with Gasteiger partial charge in [-0.2, -0.15) is 52.7 Å². The van der Waals surface area contributed by atoms with E-state index in [2.05, 4.69) is 21.3 Å². The Morgan fingerprint density at radius 1 is 0.575 bits per heavy atom. The van der Waals surface area contributed by atoms with Crippen molar-refractivity contribution >= 4 is 36.4 Å². The summed E-state index contributed by atoms with van der Waals surface area (Å²) in [7, 11) is 0. The Labute approximate surface area is 489 Å². The average Bonchev–Trinajstić information content (AvgIpc) is 1.79. The molecule has 474 valence electrons. The lowest BCUT2D eigenvalue weighted by Crippen LogP contribution is -2.58. The van der Waals surface area contributed by atoms with Crippen molar-refractivity contribution in [1.82, 2.24) is 36.0 Å². The number of alkyl halides is 14. The van der Waals surface area contributed by atoms with Gasteiger partial charge in [-0.25, -0.2) is 28.0 Å². The van der Waals surface area contributed by atoms with Gasteiger partial charge in [-0.3, -0.25) is 24.7 Å². The van der Waals surface area contributed by atoms with Gasteiger partial charge in [-0.15, -0.1) is 0 Å². The van der Waals surface area contributed by atoms with Crippen LogP contribution < -0.4 is 21.3 Å². The number of ether oxygens (including phenoxy) is 2. The average molecular weight is 1250 g/mol. The van der Waals surface area contributed by atoms with Gasteiger partial charge in [0, 0.05) is 63.5 Å². The van der Waals surface area contributed by atoms with Crippen molar-refractivity contribution in [3.05, 3.63) is 138 Å². The Morgan fingerprint density at radius 2 is 0.954 bits per heavy atom. The van der Waals surface area contributed by atoms with Gasteiger partial charge >= 0.3 is 49.0 Å². The second-order valence-corrected chi connectivity index (χ2v) is 23.6. The van der Waals surface area contributed by atoms with E-state index in [0.29, 0.717) is 54.3 Å². The first-order chi connectivity index (χ1) is 40.0. The summed E-state index contributed by atoms with van der Waals surface area (Å²) >= 11 is 0. The van der Waals surface area contributed by atoms with Crippen LogP contribution in [-0.2, 0) is 91.3 Å². The van der Waals surface area contributed by atoms with Crippen LogP contribution in [0.3, 0.4) is 0 Å². The van der Waals surface area contributed by atoms with E-state index < -0.39 is 111 Å². The van der Waals surface area contributed by atoms with Crippen molar-refractivity contribution in [2.75, 3.05) is 6.54 Å². The number of aryl methyl sites for hydroxylation is 2. The fraction of sp³-hybridized carbons (Fsp3) is 0.483. The normalized spacial score (nSPS) is 18.0. The van der Waals surface area contributed by atoms with Crippen LogP contribution in [0, 0.1) is 19.8 Å². The van der Waals surface area contributed by atoms with Crippen LogP contribution >= 0.6 is 0 Å². The summed E-state index contributed by atoms with van der Waals surface area (Å²) in [5, 5.41) is 10.3. The van der Waals surface area contributed by atoms with Crippen LogP contribution in [0.1, 0.15) is 155 Å². The summed E-state index contributed by atoms with van der Waals surface area (Å²) in [4.78, 5) is 75.0. The summed E-state index contributed by atoms with van der Waals surface area (Å²) in [6.45, 7) is 14.6. The van der Waals surface area contributed by atoms with E-state index >= 15 is 0 Å². The highest BCUT2D eigenvalue weighted by Gasteiger charge is 2.56. The van der Waals surface area contributed by atoms with Gasteiger partial charge < -0.3 is 30.3 Å². The van der Waals surface area contributed by atoms with E-state index in [4.69, 9.17) is 9.47 Å². The molecule has 2 fully saturated rings. The highest BCUT2D eigenvalue weighted by Crippen LogP contribution is 2.43. The molecule has 1 aliphatic carbocycles. The molecule has 1 saturated carbocycles. The fourth-order valence-corrected chi connectivity index (χ4v) is 10.4. The number of benzene rings is 4. The smallest absolute Gasteiger partial charge is 0.417 e. The second kappa shape index (κ2) is 24.4. The van der Waals surface area contributed by atoms with Crippen molar-refractivity contribution in [3.63, 3.8) is 0 Å². The van der Waals surface area contributed by atoms with Crippen molar-refractivity contribution in [3.8, 4) is 0 Å². The number of nitrogens with one attached hydrogen (secondary N) is 4.